The average Bonchev–Trinajstić information content (AvgIpc) is 2.64. The van der Waals surface area contributed by atoms with Crippen LogP contribution >= 0.6 is 0 Å². The maximum atomic E-state index is 10.2. The van der Waals surface area contributed by atoms with Gasteiger partial charge in [-0.3, -0.25) is 4.90 Å². The van der Waals surface area contributed by atoms with Crippen LogP contribution in [0.4, 0.5) is 0 Å². The molecular formula is C21H25NO3. The minimum atomic E-state index is 0.232. The molecule has 25 heavy (non-hydrogen) atoms. The van der Waals surface area contributed by atoms with Crippen molar-refractivity contribution in [3.63, 3.8) is 0 Å². The van der Waals surface area contributed by atoms with Crippen molar-refractivity contribution in [1.29, 1.82) is 0 Å². The second kappa shape index (κ2) is 6.26. The second-order valence-electron chi connectivity index (χ2n) is 6.92. The van der Waals surface area contributed by atoms with Gasteiger partial charge in [0.2, 0.25) is 0 Å². The molecule has 1 N–H and O–H groups in total. The molecule has 0 radical (unpaired) electrons. The lowest BCUT2D eigenvalue weighted by atomic mass is 9.80. The maximum Gasteiger partial charge on any atom is 0.160 e. The summed E-state index contributed by atoms with van der Waals surface area (Å²) in [6.07, 6.45) is 3.01. The van der Waals surface area contributed by atoms with Crippen LogP contribution in [-0.2, 0) is 12.8 Å². The first-order valence-corrected chi connectivity index (χ1v) is 8.98. The first kappa shape index (κ1) is 16.3. The maximum absolute atomic E-state index is 10.2. The summed E-state index contributed by atoms with van der Waals surface area (Å²) in [6.45, 7) is 3.28. The van der Waals surface area contributed by atoms with Gasteiger partial charge in [0.15, 0.2) is 11.5 Å². The highest BCUT2D eigenvalue weighted by Gasteiger charge is 2.38. The fraction of sp³-hybridized carbons (Fsp3) is 0.429. The topological polar surface area (TPSA) is 41.9 Å². The Bertz CT molecular complexity index is 802. The molecule has 0 fully saturated rings. The third-order valence-electron chi connectivity index (χ3n) is 5.75. The number of hydrogen-bond acceptors (Lipinski definition) is 4. The van der Waals surface area contributed by atoms with Crippen molar-refractivity contribution in [3.05, 3.63) is 52.6 Å². The zero-order valence-electron chi connectivity index (χ0n) is 15.1. The van der Waals surface area contributed by atoms with Crippen LogP contribution in [0.5, 0.6) is 17.2 Å². The van der Waals surface area contributed by atoms with Crippen molar-refractivity contribution >= 4 is 0 Å². The van der Waals surface area contributed by atoms with E-state index in [4.69, 9.17) is 9.47 Å². The van der Waals surface area contributed by atoms with E-state index in [0.717, 1.165) is 31.6 Å². The van der Waals surface area contributed by atoms with E-state index in [1.807, 2.05) is 12.1 Å². The minimum absolute atomic E-state index is 0.232. The van der Waals surface area contributed by atoms with Crippen LogP contribution in [0.1, 0.15) is 47.7 Å². The van der Waals surface area contributed by atoms with Crippen LogP contribution in [0.25, 0.3) is 0 Å². The van der Waals surface area contributed by atoms with E-state index in [0.29, 0.717) is 17.8 Å². The monoisotopic (exact) mass is 339 g/mol. The van der Waals surface area contributed by atoms with Gasteiger partial charge in [-0.05, 0) is 65.8 Å². The summed E-state index contributed by atoms with van der Waals surface area (Å²) in [4.78, 5) is 2.62. The van der Waals surface area contributed by atoms with Crippen molar-refractivity contribution in [1.82, 2.24) is 4.90 Å². The Kier molecular flexibility index (Phi) is 4.08. The van der Waals surface area contributed by atoms with Crippen molar-refractivity contribution in [2.24, 2.45) is 0 Å². The summed E-state index contributed by atoms with van der Waals surface area (Å²) in [5, 5.41) is 10.2. The number of benzene rings is 2. The van der Waals surface area contributed by atoms with Crippen LogP contribution in [0.3, 0.4) is 0 Å². The lowest BCUT2D eigenvalue weighted by Gasteiger charge is -2.46. The number of aromatic hydroxyl groups is 1. The summed E-state index contributed by atoms with van der Waals surface area (Å²) in [5.74, 6) is 1.73. The predicted molar refractivity (Wildman–Crippen MR) is 97.5 cm³/mol. The van der Waals surface area contributed by atoms with Crippen molar-refractivity contribution in [2.75, 3.05) is 20.8 Å². The normalized spacial score (nSPS) is 21.9. The molecule has 132 valence electrons. The fourth-order valence-electron chi connectivity index (χ4n) is 4.55. The van der Waals surface area contributed by atoms with E-state index in [9.17, 15) is 5.11 Å². The second-order valence-corrected chi connectivity index (χ2v) is 6.92. The smallest absolute Gasteiger partial charge is 0.160 e. The van der Waals surface area contributed by atoms with E-state index in [2.05, 4.69) is 30.0 Å². The molecule has 2 aliphatic heterocycles. The molecule has 4 nitrogen and oxygen atoms in total. The molecule has 2 atom stereocenters. The number of hydrogen-bond donors (Lipinski definition) is 1. The Labute approximate surface area is 149 Å². The van der Waals surface area contributed by atoms with E-state index in [1.54, 1.807) is 14.2 Å². The molecule has 2 unspecified atom stereocenters. The highest BCUT2D eigenvalue weighted by Crippen LogP contribution is 2.47. The predicted octanol–water partition coefficient (Wildman–Crippen LogP) is 4.02. The Morgan fingerprint density at radius 3 is 2.64 bits per heavy atom. The van der Waals surface area contributed by atoms with E-state index < -0.39 is 0 Å². The lowest BCUT2D eigenvalue weighted by Crippen LogP contribution is -2.42. The van der Waals surface area contributed by atoms with Gasteiger partial charge in [0.25, 0.3) is 0 Å². The first-order valence-electron chi connectivity index (χ1n) is 8.98. The summed E-state index contributed by atoms with van der Waals surface area (Å²) < 4.78 is 10.7. The highest BCUT2D eigenvalue weighted by atomic mass is 16.5. The van der Waals surface area contributed by atoms with Crippen LogP contribution < -0.4 is 9.47 Å². The quantitative estimate of drug-likeness (QED) is 0.917. The molecule has 0 amide bonds. The van der Waals surface area contributed by atoms with Crippen molar-refractivity contribution < 1.29 is 14.6 Å². The van der Waals surface area contributed by atoms with Gasteiger partial charge in [-0.15, -0.1) is 0 Å². The molecule has 0 saturated heterocycles. The van der Waals surface area contributed by atoms with E-state index >= 15 is 0 Å². The molecule has 4 heteroatoms. The lowest BCUT2D eigenvalue weighted by molar-refractivity contribution is 0.103. The van der Waals surface area contributed by atoms with Crippen molar-refractivity contribution in [3.8, 4) is 17.2 Å². The van der Waals surface area contributed by atoms with Gasteiger partial charge < -0.3 is 14.6 Å². The zero-order valence-corrected chi connectivity index (χ0v) is 15.1. The standard InChI is InChI=1S/C21H25NO3/c1-4-18-17-12-21(25-3)20(23)11-14(17)10-19-16-6-5-15(24-2)9-13(16)7-8-22(18)19/h5-6,9,11-12,18-19,23H,4,7-8,10H2,1-3H3. The zero-order chi connectivity index (χ0) is 17.6. The third kappa shape index (κ3) is 2.56. The Morgan fingerprint density at radius 2 is 1.92 bits per heavy atom. The van der Waals surface area contributed by atoms with Gasteiger partial charge in [-0.1, -0.05) is 13.0 Å². The molecule has 0 aliphatic carbocycles. The van der Waals surface area contributed by atoms with Gasteiger partial charge >= 0.3 is 0 Å². The number of rotatable bonds is 3. The molecule has 2 aromatic carbocycles. The molecule has 2 heterocycles. The molecule has 2 aromatic rings. The van der Waals surface area contributed by atoms with Gasteiger partial charge in [0.05, 0.1) is 14.2 Å². The number of phenols is 1. The molecular weight excluding hydrogens is 314 g/mol. The number of ether oxygens (including phenoxy) is 2. The summed E-state index contributed by atoms with van der Waals surface area (Å²) in [6, 6.07) is 11.1. The van der Waals surface area contributed by atoms with Crippen molar-refractivity contribution in [2.45, 2.75) is 38.3 Å². The van der Waals surface area contributed by atoms with Gasteiger partial charge in [-0.2, -0.15) is 0 Å². The number of phenolic OH excluding ortho intramolecular Hbond substituents is 1. The van der Waals surface area contributed by atoms with E-state index in [1.165, 1.54) is 22.3 Å². The molecule has 0 aromatic heterocycles. The van der Waals surface area contributed by atoms with Gasteiger partial charge in [0.1, 0.15) is 5.75 Å². The molecule has 0 spiro atoms. The SMILES string of the molecule is CCC1c2cc(OC)c(O)cc2CC2c3ccc(OC)cc3CCN12. The number of nitrogens with zero attached hydrogens (tertiary/aromatic N) is 1. The Morgan fingerprint density at radius 1 is 1.08 bits per heavy atom. The molecule has 0 bridgehead atoms. The van der Waals surface area contributed by atoms with Crippen LogP contribution in [0.15, 0.2) is 30.3 Å². The van der Waals surface area contributed by atoms with Crippen LogP contribution in [0.2, 0.25) is 0 Å². The van der Waals surface area contributed by atoms with Crippen LogP contribution in [0, 0.1) is 0 Å². The molecule has 2 aliphatic rings. The Balaban J connectivity index is 1.80. The largest absolute Gasteiger partial charge is 0.504 e. The summed E-state index contributed by atoms with van der Waals surface area (Å²) >= 11 is 0. The van der Waals surface area contributed by atoms with Gasteiger partial charge in [-0.25, -0.2) is 0 Å². The minimum Gasteiger partial charge on any atom is -0.504 e. The highest BCUT2D eigenvalue weighted by molar-refractivity contribution is 5.50. The number of methoxy groups -OCH3 is 2. The number of fused-ring (bicyclic) bond motifs is 4. The summed E-state index contributed by atoms with van der Waals surface area (Å²) in [7, 11) is 3.33. The molecule has 4 rings (SSSR count). The van der Waals surface area contributed by atoms with Crippen LogP contribution in [-0.4, -0.2) is 30.8 Å². The fourth-order valence-corrected chi connectivity index (χ4v) is 4.55. The first-order chi connectivity index (χ1) is 12.2. The molecule has 0 saturated carbocycles. The Hall–Kier alpha value is -2.20. The van der Waals surface area contributed by atoms with Gasteiger partial charge in [0, 0.05) is 18.6 Å². The summed E-state index contributed by atoms with van der Waals surface area (Å²) in [5.41, 5.74) is 5.31. The average molecular weight is 339 g/mol. The third-order valence-corrected chi connectivity index (χ3v) is 5.75. The van der Waals surface area contributed by atoms with E-state index in [-0.39, 0.29) is 5.75 Å².